The summed E-state index contributed by atoms with van der Waals surface area (Å²) >= 11 is 2.87. The van der Waals surface area contributed by atoms with E-state index in [2.05, 4.69) is 10.3 Å². The molecule has 5 rings (SSSR count). The van der Waals surface area contributed by atoms with Gasteiger partial charge in [-0.25, -0.2) is 13.4 Å². The predicted molar refractivity (Wildman–Crippen MR) is 129 cm³/mol. The smallest absolute Gasteiger partial charge is 0.267 e. The van der Waals surface area contributed by atoms with Gasteiger partial charge >= 0.3 is 0 Å². The fourth-order valence-corrected chi connectivity index (χ4v) is 7.52. The Morgan fingerprint density at radius 2 is 1.75 bits per heavy atom. The highest BCUT2D eigenvalue weighted by Gasteiger charge is 2.31. The lowest BCUT2D eigenvalue weighted by atomic mass is 10.2. The molecule has 1 saturated heterocycles. The van der Waals surface area contributed by atoms with Crippen LogP contribution in [-0.2, 0) is 10.0 Å². The highest BCUT2D eigenvalue weighted by Crippen LogP contribution is 2.28. The molecule has 10 heteroatoms. The summed E-state index contributed by atoms with van der Waals surface area (Å²) in [4.78, 5) is 17.6. The maximum absolute atomic E-state index is 13.0. The van der Waals surface area contributed by atoms with Crippen molar-refractivity contribution in [3.63, 3.8) is 0 Å². The molecule has 3 heterocycles. The number of anilines is 1. The summed E-state index contributed by atoms with van der Waals surface area (Å²) in [7, 11) is -3.68. The number of fused-ring (bicyclic) bond motifs is 1. The lowest BCUT2D eigenvalue weighted by Gasteiger charge is -2.25. The van der Waals surface area contributed by atoms with Gasteiger partial charge in [0.25, 0.3) is 5.91 Å². The Morgan fingerprint density at radius 3 is 2.53 bits per heavy atom. The molecule has 1 aliphatic rings. The van der Waals surface area contributed by atoms with Gasteiger partial charge < -0.3 is 5.32 Å². The lowest BCUT2D eigenvalue weighted by molar-refractivity contribution is 0.102. The number of carbonyl (C=O) groups is 1. The number of benzene rings is 2. The van der Waals surface area contributed by atoms with Crippen LogP contribution in [0.5, 0.6) is 0 Å². The monoisotopic (exact) mass is 484 g/mol. The highest BCUT2D eigenvalue weighted by molar-refractivity contribution is 7.99. The van der Waals surface area contributed by atoms with Gasteiger partial charge in [0.1, 0.15) is 16.1 Å². The van der Waals surface area contributed by atoms with Gasteiger partial charge in [0.05, 0.1) is 11.0 Å². The van der Waals surface area contributed by atoms with Crippen molar-refractivity contribution in [3.8, 4) is 5.69 Å². The molecule has 164 valence electrons. The molecule has 0 radical (unpaired) electrons. The van der Waals surface area contributed by atoms with Gasteiger partial charge in [0.2, 0.25) is 10.0 Å². The molecule has 1 amide bonds. The average molecular weight is 485 g/mol. The maximum atomic E-state index is 13.0. The van der Waals surface area contributed by atoms with Gasteiger partial charge in [-0.05, 0) is 47.8 Å². The van der Waals surface area contributed by atoms with Crippen LogP contribution in [0.3, 0.4) is 0 Å². The van der Waals surface area contributed by atoms with Crippen LogP contribution in [0.15, 0.2) is 71.2 Å². The molecule has 4 aromatic rings. The van der Waals surface area contributed by atoms with E-state index in [9.17, 15) is 13.2 Å². The van der Waals surface area contributed by atoms with E-state index in [0.29, 0.717) is 18.8 Å². The Labute approximate surface area is 194 Å². The first-order chi connectivity index (χ1) is 15.5. The molecule has 0 atom stereocenters. The first-order valence-corrected chi connectivity index (χ1v) is 13.5. The number of amides is 1. The number of sulfonamides is 1. The standard InChI is InChI=1S/C22H20N4O3S3/c27-22(21-20(9-12-31-21)32(28,29)25-10-13-30-14-11-25)24-16-5-7-17(8-6-16)26-15-23-18-3-1-2-4-19(18)26/h1-9,12,15H,10-11,13-14H2,(H,24,27). The van der Waals surface area contributed by atoms with Crippen LogP contribution >= 0.6 is 23.1 Å². The molecule has 32 heavy (non-hydrogen) atoms. The third-order valence-corrected chi connectivity index (χ3v) is 9.21. The first-order valence-electron chi connectivity index (χ1n) is 10.0. The fourth-order valence-electron chi connectivity index (χ4n) is 3.65. The number of thioether (sulfide) groups is 1. The summed E-state index contributed by atoms with van der Waals surface area (Å²) in [5, 5.41) is 4.48. The number of thiophene rings is 1. The van der Waals surface area contributed by atoms with E-state index in [1.54, 1.807) is 35.6 Å². The summed E-state index contributed by atoms with van der Waals surface area (Å²) in [5.74, 6) is 1.11. The van der Waals surface area contributed by atoms with E-state index in [-0.39, 0.29) is 9.77 Å². The summed E-state index contributed by atoms with van der Waals surface area (Å²) in [6.07, 6.45) is 1.76. The number of nitrogens with one attached hydrogen (secondary N) is 1. The third-order valence-electron chi connectivity index (χ3n) is 5.28. The van der Waals surface area contributed by atoms with E-state index < -0.39 is 15.9 Å². The van der Waals surface area contributed by atoms with Gasteiger partial charge in [-0.2, -0.15) is 16.1 Å². The average Bonchev–Trinajstić information content (AvgIpc) is 3.48. The van der Waals surface area contributed by atoms with Crippen LogP contribution in [-0.4, -0.2) is 52.8 Å². The Bertz CT molecular complexity index is 1370. The molecule has 0 spiro atoms. The SMILES string of the molecule is O=C(Nc1ccc(-n2cnc3ccccc32)cc1)c1sccc1S(=O)(=O)N1CCSCC1. The van der Waals surface area contributed by atoms with E-state index in [1.807, 2.05) is 41.0 Å². The van der Waals surface area contributed by atoms with E-state index in [0.717, 1.165) is 39.6 Å². The van der Waals surface area contributed by atoms with Gasteiger partial charge in [0.15, 0.2) is 0 Å². The molecular formula is C22H20N4O3S3. The van der Waals surface area contributed by atoms with Crippen LogP contribution in [0.2, 0.25) is 0 Å². The summed E-state index contributed by atoms with van der Waals surface area (Å²) < 4.78 is 29.5. The molecule has 2 aromatic heterocycles. The van der Waals surface area contributed by atoms with Crippen molar-refractivity contribution in [2.24, 2.45) is 0 Å². The second-order valence-corrected chi connectivity index (χ2v) is 11.3. The van der Waals surface area contributed by atoms with Crippen molar-refractivity contribution in [2.45, 2.75) is 4.90 Å². The molecule has 2 aromatic carbocycles. The van der Waals surface area contributed by atoms with Crippen LogP contribution in [0, 0.1) is 0 Å². The van der Waals surface area contributed by atoms with Crippen LogP contribution in [0.25, 0.3) is 16.7 Å². The molecule has 0 aliphatic carbocycles. The van der Waals surface area contributed by atoms with Gasteiger partial charge in [-0.1, -0.05) is 12.1 Å². The minimum absolute atomic E-state index is 0.0772. The topological polar surface area (TPSA) is 84.3 Å². The maximum Gasteiger partial charge on any atom is 0.267 e. The van der Waals surface area contributed by atoms with Crippen LogP contribution in [0.4, 0.5) is 5.69 Å². The summed E-state index contributed by atoms with van der Waals surface area (Å²) in [6.45, 7) is 0.933. The summed E-state index contributed by atoms with van der Waals surface area (Å²) in [6, 6.07) is 16.8. The normalized spacial score (nSPS) is 15.1. The van der Waals surface area contributed by atoms with Crippen LogP contribution < -0.4 is 5.32 Å². The number of rotatable bonds is 5. The molecular weight excluding hydrogens is 464 g/mol. The lowest BCUT2D eigenvalue weighted by Crippen LogP contribution is -2.38. The molecule has 0 bridgehead atoms. The Morgan fingerprint density at radius 1 is 1.00 bits per heavy atom. The Kier molecular flexibility index (Phi) is 5.76. The second kappa shape index (κ2) is 8.70. The second-order valence-electron chi connectivity index (χ2n) is 7.23. The zero-order valence-electron chi connectivity index (χ0n) is 17.0. The number of imidazole rings is 1. The number of carbonyl (C=O) groups excluding carboxylic acids is 1. The largest absolute Gasteiger partial charge is 0.321 e. The van der Waals surface area contributed by atoms with Crippen molar-refractivity contribution >= 4 is 55.7 Å². The highest BCUT2D eigenvalue weighted by atomic mass is 32.2. The van der Waals surface area contributed by atoms with Gasteiger partial charge in [0, 0.05) is 36.0 Å². The minimum Gasteiger partial charge on any atom is -0.321 e. The molecule has 7 nitrogen and oxygen atoms in total. The van der Waals surface area contributed by atoms with Crippen molar-refractivity contribution in [1.29, 1.82) is 0 Å². The molecule has 1 fully saturated rings. The molecule has 0 saturated carbocycles. The van der Waals surface area contributed by atoms with Crippen molar-refractivity contribution in [1.82, 2.24) is 13.9 Å². The predicted octanol–water partition coefficient (Wildman–Crippen LogP) is 4.08. The number of nitrogens with zero attached hydrogens (tertiary/aromatic N) is 3. The fraction of sp³-hybridized carbons (Fsp3) is 0.182. The van der Waals surface area contributed by atoms with Crippen molar-refractivity contribution < 1.29 is 13.2 Å². The van der Waals surface area contributed by atoms with Gasteiger partial charge in [-0.3, -0.25) is 9.36 Å². The summed E-state index contributed by atoms with van der Waals surface area (Å²) in [5.41, 5.74) is 3.41. The van der Waals surface area contributed by atoms with Crippen molar-refractivity contribution in [3.05, 3.63) is 71.2 Å². The van der Waals surface area contributed by atoms with Crippen LogP contribution in [0.1, 0.15) is 9.67 Å². The number of para-hydroxylation sites is 2. The zero-order chi connectivity index (χ0) is 22.1. The minimum atomic E-state index is -3.68. The number of aromatic nitrogens is 2. The quantitative estimate of drug-likeness (QED) is 0.462. The Balaban J connectivity index is 1.36. The molecule has 0 unspecified atom stereocenters. The van der Waals surface area contributed by atoms with E-state index >= 15 is 0 Å². The van der Waals surface area contributed by atoms with E-state index in [1.165, 1.54) is 10.4 Å². The first kappa shape index (κ1) is 21.2. The molecule has 1 N–H and O–H groups in total. The van der Waals surface area contributed by atoms with Crippen molar-refractivity contribution in [2.75, 3.05) is 29.9 Å². The zero-order valence-corrected chi connectivity index (χ0v) is 19.4. The Hall–Kier alpha value is -2.66. The number of hydrogen-bond acceptors (Lipinski definition) is 6. The van der Waals surface area contributed by atoms with E-state index in [4.69, 9.17) is 0 Å². The molecule has 1 aliphatic heterocycles. The van der Waals surface area contributed by atoms with Gasteiger partial charge in [-0.15, -0.1) is 11.3 Å². The third kappa shape index (κ3) is 3.95. The number of hydrogen-bond donors (Lipinski definition) is 1.